The van der Waals surface area contributed by atoms with Crippen LogP contribution >= 0.6 is 11.8 Å². The smallest absolute Gasteiger partial charge is 0.0236 e. The first-order valence-electron chi connectivity index (χ1n) is 6.65. The molecule has 2 saturated heterocycles. The van der Waals surface area contributed by atoms with Crippen molar-refractivity contribution in [3.63, 3.8) is 0 Å². The van der Waals surface area contributed by atoms with Crippen LogP contribution in [0.25, 0.3) is 0 Å². The fraction of sp³-hybridized carbons (Fsp3) is 1.00. The highest BCUT2D eigenvalue weighted by Gasteiger charge is 2.27. The molecule has 4 heteroatoms. The Labute approximate surface area is 104 Å². The lowest BCUT2D eigenvalue weighted by Gasteiger charge is -2.32. The molecule has 1 unspecified atom stereocenters. The molecule has 0 saturated carbocycles. The van der Waals surface area contributed by atoms with E-state index < -0.39 is 0 Å². The fourth-order valence-corrected chi connectivity index (χ4v) is 3.37. The standard InChI is InChI=1S/C12H25N3S/c1-2-16-10-9-14-6-3-12(11-14)15-7-4-13-5-8-15/h12-13H,2-11H2,1H3. The van der Waals surface area contributed by atoms with Gasteiger partial charge >= 0.3 is 0 Å². The Kier molecular flexibility index (Phi) is 5.42. The molecule has 1 atom stereocenters. The largest absolute Gasteiger partial charge is 0.314 e. The van der Waals surface area contributed by atoms with Crippen LogP contribution in [0.2, 0.25) is 0 Å². The Balaban J connectivity index is 1.66. The number of nitrogens with zero attached hydrogens (tertiary/aromatic N) is 2. The molecule has 2 aliphatic heterocycles. The van der Waals surface area contributed by atoms with Crippen LogP contribution in [0, 0.1) is 0 Å². The van der Waals surface area contributed by atoms with Gasteiger partial charge in [-0.15, -0.1) is 0 Å². The van der Waals surface area contributed by atoms with Crippen molar-refractivity contribution in [3.8, 4) is 0 Å². The number of hydrogen-bond donors (Lipinski definition) is 1. The molecule has 2 fully saturated rings. The molecule has 0 radical (unpaired) electrons. The Hall–Kier alpha value is 0.230. The molecule has 2 heterocycles. The van der Waals surface area contributed by atoms with Crippen LogP contribution in [0.1, 0.15) is 13.3 Å². The summed E-state index contributed by atoms with van der Waals surface area (Å²) < 4.78 is 0. The van der Waals surface area contributed by atoms with Gasteiger partial charge in [-0.1, -0.05) is 6.92 Å². The maximum Gasteiger partial charge on any atom is 0.0236 e. The summed E-state index contributed by atoms with van der Waals surface area (Å²) >= 11 is 2.07. The Morgan fingerprint density at radius 2 is 2.06 bits per heavy atom. The maximum absolute atomic E-state index is 3.43. The summed E-state index contributed by atoms with van der Waals surface area (Å²) in [5.74, 6) is 2.57. The van der Waals surface area contributed by atoms with Crippen LogP contribution in [0.5, 0.6) is 0 Å². The highest BCUT2D eigenvalue weighted by Crippen LogP contribution is 2.16. The van der Waals surface area contributed by atoms with E-state index in [0.29, 0.717) is 0 Å². The van der Waals surface area contributed by atoms with Gasteiger partial charge in [-0.2, -0.15) is 11.8 Å². The second-order valence-corrected chi connectivity index (χ2v) is 6.12. The second-order valence-electron chi connectivity index (χ2n) is 4.73. The van der Waals surface area contributed by atoms with E-state index >= 15 is 0 Å². The highest BCUT2D eigenvalue weighted by atomic mass is 32.2. The highest BCUT2D eigenvalue weighted by molar-refractivity contribution is 7.99. The molecule has 0 bridgehead atoms. The van der Waals surface area contributed by atoms with E-state index in [9.17, 15) is 0 Å². The van der Waals surface area contributed by atoms with Crippen molar-refractivity contribution in [2.24, 2.45) is 0 Å². The van der Waals surface area contributed by atoms with Crippen molar-refractivity contribution in [1.82, 2.24) is 15.1 Å². The zero-order valence-corrected chi connectivity index (χ0v) is 11.3. The van der Waals surface area contributed by atoms with E-state index in [2.05, 4.69) is 33.8 Å². The first-order valence-corrected chi connectivity index (χ1v) is 7.80. The zero-order chi connectivity index (χ0) is 11.2. The number of nitrogens with one attached hydrogen (secondary N) is 1. The molecule has 94 valence electrons. The van der Waals surface area contributed by atoms with Gasteiger partial charge in [-0.25, -0.2) is 0 Å². The van der Waals surface area contributed by atoms with E-state index in [1.807, 2.05) is 0 Å². The SMILES string of the molecule is CCSCCN1CCC(N2CCNCC2)C1. The van der Waals surface area contributed by atoms with Gasteiger partial charge in [-0.3, -0.25) is 4.90 Å². The zero-order valence-electron chi connectivity index (χ0n) is 10.5. The number of piperazine rings is 1. The molecule has 0 spiro atoms. The van der Waals surface area contributed by atoms with Gasteiger partial charge in [0.05, 0.1) is 0 Å². The third-order valence-corrected chi connectivity index (χ3v) is 4.55. The predicted molar refractivity (Wildman–Crippen MR) is 72.3 cm³/mol. The van der Waals surface area contributed by atoms with Crippen molar-refractivity contribution in [2.45, 2.75) is 19.4 Å². The van der Waals surface area contributed by atoms with Crippen LogP contribution in [-0.4, -0.2) is 73.2 Å². The van der Waals surface area contributed by atoms with Crippen LogP contribution < -0.4 is 5.32 Å². The summed E-state index contributed by atoms with van der Waals surface area (Å²) in [5, 5.41) is 3.43. The molecule has 0 aromatic carbocycles. The number of hydrogen-bond acceptors (Lipinski definition) is 4. The molecule has 16 heavy (non-hydrogen) atoms. The molecular weight excluding hydrogens is 218 g/mol. The molecule has 2 rings (SSSR count). The van der Waals surface area contributed by atoms with E-state index in [4.69, 9.17) is 0 Å². The van der Waals surface area contributed by atoms with E-state index in [-0.39, 0.29) is 0 Å². The third-order valence-electron chi connectivity index (χ3n) is 3.67. The minimum absolute atomic E-state index is 0.841. The van der Waals surface area contributed by atoms with Crippen molar-refractivity contribution in [3.05, 3.63) is 0 Å². The normalized spacial score (nSPS) is 28.7. The first kappa shape index (κ1) is 12.7. The lowest BCUT2D eigenvalue weighted by molar-refractivity contribution is 0.173. The summed E-state index contributed by atoms with van der Waals surface area (Å²) in [6.07, 6.45) is 1.39. The first-order chi connectivity index (χ1) is 7.90. The van der Waals surface area contributed by atoms with Gasteiger partial charge in [0.15, 0.2) is 0 Å². The van der Waals surface area contributed by atoms with Gasteiger partial charge in [0.25, 0.3) is 0 Å². The predicted octanol–water partition coefficient (Wildman–Crippen LogP) is 0.719. The van der Waals surface area contributed by atoms with Crippen molar-refractivity contribution >= 4 is 11.8 Å². The topological polar surface area (TPSA) is 18.5 Å². The molecule has 3 nitrogen and oxygen atoms in total. The Morgan fingerprint density at radius 3 is 2.81 bits per heavy atom. The summed E-state index contributed by atoms with van der Waals surface area (Å²) in [6.45, 7) is 11.0. The van der Waals surface area contributed by atoms with Gasteiger partial charge in [0, 0.05) is 51.1 Å². The summed E-state index contributed by atoms with van der Waals surface area (Å²) in [4.78, 5) is 5.33. The van der Waals surface area contributed by atoms with Gasteiger partial charge in [-0.05, 0) is 18.7 Å². The van der Waals surface area contributed by atoms with Crippen LogP contribution in [-0.2, 0) is 0 Å². The molecule has 0 aliphatic carbocycles. The van der Waals surface area contributed by atoms with Gasteiger partial charge in [0.2, 0.25) is 0 Å². The van der Waals surface area contributed by atoms with Crippen LogP contribution in [0.15, 0.2) is 0 Å². The number of likely N-dealkylation sites (tertiary alicyclic amines) is 1. The summed E-state index contributed by atoms with van der Waals surface area (Å²) in [5.41, 5.74) is 0. The molecule has 1 N–H and O–H groups in total. The lowest BCUT2D eigenvalue weighted by atomic mass is 10.2. The Bertz CT molecular complexity index is 195. The van der Waals surface area contributed by atoms with Crippen molar-refractivity contribution < 1.29 is 0 Å². The molecular formula is C12H25N3S. The number of rotatable bonds is 5. The summed E-state index contributed by atoms with van der Waals surface area (Å²) in [7, 11) is 0. The molecule has 2 aliphatic rings. The number of thioether (sulfide) groups is 1. The van der Waals surface area contributed by atoms with Crippen molar-refractivity contribution in [1.29, 1.82) is 0 Å². The third kappa shape index (κ3) is 3.62. The quantitative estimate of drug-likeness (QED) is 0.717. The maximum atomic E-state index is 3.43. The van der Waals surface area contributed by atoms with E-state index in [1.54, 1.807) is 0 Å². The van der Waals surface area contributed by atoms with E-state index in [0.717, 1.165) is 6.04 Å². The van der Waals surface area contributed by atoms with Gasteiger partial charge < -0.3 is 10.2 Å². The molecule has 0 aromatic heterocycles. The van der Waals surface area contributed by atoms with Crippen LogP contribution in [0.3, 0.4) is 0 Å². The Morgan fingerprint density at radius 1 is 1.25 bits per heavy atom. The monoisotopic (exact) mass is 243 g/mol. The minimum atomic E-state index is 0.841. The molecule has 0 amide bonds. The molecule has 0 aromatic rings. The lowest BCUT2D eigenvalue weighted by Crippen LogP contribution is -2.49. The average molecular weight is 243 g/mol. The average Bonchev–Trinajstić information content (AvgIpc) is 2.79. The van der Waals surface area contributed by atoms with E-state index in [1.165, 1.54) is 63.7 Å². The minimum Gasteiger partial charge on any atom is -0.314 e. The van der Waals surface area contributed by atoms with Crippen molar-refractivity contribution in [2.75, 3.05) is 57.3 Å². The second kappa shape index (κ2) is 6.84. The summed E-state index contributed by atoms with van der Waals surface area (Å²) in [6, 6.07) is 0.841. The fourth-order valence-electron chi connectivity index (χ4n) is 2.70. The van der Waals surface area contributed by atoms with Crippen LogP contribution in [0.4, 0.5) is 0 Å². The van der Waals surface area contributed by atoms with Gasteiger partial charge in [0.1, 0.15) is 0 Å².